The van der Waals surface area contributed by atoms with Gasteiger partial charge in [0, 0.05) is 18.7 Å². The summed E-state index contributed by atoms with van der Waals surface area (Å²) in [6.45, 7) is 1.56. The molecule has 0 amide bonds. The number of aromatic amines is 1. The molecule has 0 fully saturated rings. The van der Waals surface area contributed by atoms with Gasteiger partial charge in [0.05, 0.1) is 18.1 Å². The molecule has 0 saturated carbocycles. The van der Waals surface area contributed by atoms with Crippen LogP contribution in [0.3, 0.4) is 0 Å². The van der Waals surface area contributed by atoms with Crippen LogP contribution in [0, 0.1) is 5.82 Å². The van der Waals surface area contributed by atoms with Crippen LogP contribution in [0.1, 0.15) is 11.1 Å². The lowest BCUT2D eigenvalue weighted by atomic mass is 10.0. The molecule has 0 spiro atoms. The van der Waals surface area contributed by atoms with Gasteiger partial charge in [0.2, 0.25) is 0 Å². The van der Waals surface area contributed by atoms with E-state index in [1.807, 2.05) is 24.3 Å². The highest BCUT2D eigenvalue weighted by atomic mass is 19.1. The van der Waals surface area contributed by atoms with Gasteiger partial charge in [-0.3, -0.25) is 0 Å². The van der Waals surface area contributed by atoms with Gasteiger partial charge >= 0.3 is 0 Å². The maximum Gasteiger partial charge on any atom is 0.138 e. The van der Waals surface area contributed by atoms with Crippen LogP contribution in [0.2, 0.25) is 0 Å². The van der Waals surface area contributed by atoms with Crippen molar-refractivity contribution in [2.75, 3.05) is 7.11 Å². The fraction of sp³-hybridized carbons (Fsp3) is 0.107. The maximum absolute atomic E-state index is 13.5. The third-order valence-corrected chi connectivity index (χ3v) is 5.66. The molecule has 0 radical (unpaired) electrons. The quantitative estimate of drug-likeness (QED) is 0.313. The number of rotatable bonds is 7. The van der Waals surface area contributed by atoms with Crippen molar-refractivity contribution >= 4 is 11.0 Å². The number of ether oxygens (including phenoxy) is 1. The smallest absolute Gasteiger partial charge is 0.138 e. The highest BCUT2D eigenvalue weighted by molar-refractivity contribution is 5.80. The van der Waals surface area contributed by atoms with Gasteiger partial charge in [-0.05, 0) is 64.7 Å². The second-order valence-corrected chi connectivity index (χ2v) is 7.98. The minimum atomic E-state index is -0.274. The number of hydrogen-bond donors (Lipinski definition) is 2. The van der Waals surface area contributed by atoms with Gasteiger partial charge in [0.15, 0.2) is 0 Å². The molecule has 0 aliphatic rings. The summed E-state index contributed by atoms with van der Waals surface area (Å²) >= 11 is 0. The molecule has 0 atom stereocenters. The standard InChI is InChI=1S/C28H24FN3O/c1-33-25-11-8-19(9-12-25)17-30-18-20-4-2-5-21(14-20)22-6-3-7-23(15-22)28-31-26-13-10-24(29)16-27(26)32-28/h2-16,30H,17-18H2,1H3,(H,31,32). The van der Waals surface area contributed by atoms with Crippen molar-refractivity contribution in [2.24, 2.45) is 0 Å². The number of methoxy groups -OCH3 is 1. The van der Waals surface area contributed by atoms with Gasteiger partial charge in [0.25, 0.3) is 0 Å². The van der Waals surface area contributed by atoms with E-state index in [0.717, 1.165) is 46.9 Å². The number of nitrogens with one attached hydrogen (secondary N) is 2. The van der Waals surface area contributed by atoms with Crippen molar-refractivity contribution in [3.63, 3.8) is 0 Å². The van der Waals surface area contributed by atoms with Crippen LogP contribution in [-0.2, 0) is 13.1 Å². The highest BCUT2D eigenvalue weighted by Gasteiger charge is 2.08. The minimum absolute atomic E-state index is 0.274. The molecule has 1 aromatic heterocycles. The Morgan fingerprint density at radius 1 is 0.788 bits per heavy atom. The SMILES string of the molecule is COc1ccc(CNCc2cccc(-c3cccc(-c4nc5ccc(F)cc5[nH]4)c3)c2)cc1. The van der Waals surface area contributed by atoms with Gasteiger partial charge in [0.1, 0.15) is 17.4 Å². The number of benzene rings is 4. The topological polar surface area (TPSA) is 49.9 Å². The second-order valence-electron chi connectivity index (χ2n) is 7.98. The first kappa shape index (κ1) is 20.9. The lowest BCUT2D eigenvalue weighted by Crippen LogP contribution is -2.12. The van der Waals surface area contributed by atoms with E-state index < -0.39 is 0 Å². The third kappa shape index (κ3) is 4.78. The van der Waals surface area contributed by atoms with Gasteiger partial charge < -0.3 is 15.0 Å². The van der Waals surface area contributed by atoms with Crippen molar-refractivity contribution in [2.45, 2.75) is 13.1 Å². The lowest BCUT2D eigenvalue weighted by molar-refractivity contribution is 0.414. The predicted molar refractivity (Wildman–Crippen MR) is 130 cm³/mol. The summed E-state index contributed by atoms with van der Waals surface area (Å²) in [5.74, 6) is 1.32. The molecule has 164 valence electrons. The molecule has 2 N–H and O–H groups in total. The monoisotopic (exact) mass is 437 g/mol. The maximum atomic E-state index is 13.5. The van der Waals surface area contributed by atoms with Crippen LogP contribution in [-0.4, -0.2) is 17.1 Å². The Bertz CT molecular complexity index is 1390. The average molecular weight is 438 g/mol. The fourth-order valence-electron chi connectivity index (χ4n) is 3.92. The molecule has 0 aliphatic heterocycles. The summed E-state index contributed by atoms with van der Waals surface area (Å²) in [4.78, 5) is 7.84. The zero-order valence-corrected chi connectivity index (χ0v) is 18.3. The average Bonchev–Trinajstić information content (AvgIpc) is 3.28. The van der Waals surface area contributed by atoms with E-state index in [2.05, 4.69) is 63.8 Å². The second kappa shape index (κ2) is 9.27. The molecule has 0 unspecified atom stereocenters. The Balaban J connectivity index is 1.31. The van der Waals surface area contributed by atoms with E-state index in [1.165, 1.54) is 23.3 Å². The van der Waals surface area contributed by atoms with Crippen LogP contribution >= 0.6 is 0 Å². The molecule has 0 bridgehead atoms. The molecule has 4 nitrogen and oxygen atoms in total. The minimum Gasteiger partial charge on any atom is -0.497 e. The number of halogens is 1. The van der Waals surface area contributed by atoms with E-state index >= 15 is 0 Å². The van der Waals surface area contributed by atoms with Crippen LogP contribution < -0.4 is 10.1 Å². The Labute approximate surface area is 192 Å². The number of imidazole rings is 1. The van der Waals surface area contributed by atoms with Crippen molar-refractivity contribution < 1.29 is 9.13 Å². The molecule has 5 rings (SSSR count). The van der Waals surface area contributed by atoms with E-state index in [0.29, 0.717) is 5.52 Å². The van der Waals surface area contributed by atoms with E-state index in [-0.39, 0.29) is 5.82 Å². The van der Waals surface area contributed by atoms with Gasteiger partial charge in [-0.2, -0.15) is 0 Å². The summed E-state index contributed by atoms with van der Waals surface area (Å²) in [5.41, 5.74) is 7.09. The van der Waals surface area contributed by atoms with Crippen LogP contribution in [0.25, 0.3) is 33.5 Å². The molecule has 0 aliphatic carbocycles. The first-order valence-electron chi connectivity index (χ1n) is 10.9. The third-order valence-electron chi connectivity index (χ3n) is 5.66. The van der Waals surface area contributed by atoms with Crippen LogP contribution in [0.15, 0.2) is 91.0 Å². The summed E-state index contributed by atoms with van der Waals surface area (Å²) in [6, 6.07) is 29.4. The molecular formula is C28H24FN3O. The van der Waals surface area contributed by atoms with Gasteiger partial charge in [-0.1, -0.05) is 48.5 Å². The lowest BCUT2D eigenvalue weighted by Gasteiger charge is -2.09. The molecule has 5 aromatic rings. The van der Waals surface area contributed by atoms with Crippen molar-refractivity contribution in [1.82, 2.24) is 15.3 Å². The van der Waals surface area contributed by atoms with E-state index in [4.69, 9.17) is 4.74 Å². The number of aromatic nitrogens is 2. The number of hydrogen-bond acceptors (Lipinski definition) is 3. The Hall–Kier alpha value is -3.96. The molecule has 33 heavy (non-hydrogen) atoms. The van der Waals surface area contributed by atoms with Crippen molar-refractivity contribution in [1.29, 1.82) is 0 Å². The van der Waals surface area contributed by atoms with Crippen LogP contribution in [0.5, 0.6) is 5.75 Å². The summed E-state index contributed by atoms with van der Waals surface area (Å²) in [6.07, 6.45) is 0. The van der Waals surface area contributed by atoms with Gasteiger partial charge in [-0.15, -0.1) is 0 Å². The normalized spacial score (nSPS) is 11.1. The number of nitrogens with zero attached hydrogens (tertiary/aromatic N) is 1. The summed E-state index contributed by atoms with van der Waals surface area (Å²) < 4.78 is 18.7. The fourth-order valence-corrected chi connectivity index (χ4v) is 3.92. The van der Waals surface area contributed by atoms with Crippen molar-refractivity contribution in [3.8, 4) is 28.3 Å². The number of fused-ring (bicyclic) bond motifs is 1. The largest absolute Gasteiger partial charge is 0.497 e. The zero-order chi connectivity index (χ0) is 22.6. The molecule has 5 heteroatoms. The van der Waals surface area contributed by atoms with Gasteiger partial charge in [-0.25, -0.2) is 9.37 Å². The Morgan fingerprint density at radius 2 is 1.52 bits per heavy atom. The summed E-state index contributed by atoms with van der Waals surface area (Å²) in [5, 5.41) is 3.50. The number of H-pyrrole nitrogens is 1. The predicted octanol–water partition coefficient (Wildman–Crippen LogP) is 6.33. The molecule has 1 heterocycles. The summed E-state index contributed by atoms with van der Waals surface area (Å²) in [7, 11) is 1.67. The zero-order valence-electron chi connectivity index (χ0n) is 18.3. The highest BCUT2D eigenvalue weighted by Crippen LogP contribution is 2.27. The van der Waals surface area contributed by atoms with E-state index in [1.54, 1.807) is 13.2 Å². The first-order chi connectivity index (χ1) is 16.2. The van der Waals surface area contributed by atoms with E-state index in [9.17, 15) is 4.39 Å². The first-order valence-corrected chi connectivity index (χ1v) is 10.9. The van der Waals surface area contributed by atoms with Crippen LogP contribution in [0.4, 0.5) is 4.39 Å². The molecular weight excluding hydrogens is 413 g/mol. The molecule has 0 saturated heterocycles. The Morgan fingerprint density at radius 3 is 2.33 bits per heavy atom. The molecule has 4 aromatic carbocycles. The Kier molecular flexibility index (Phi) is 5.87. The van der Waals surface area contributed by atoms with Crippen molar-refractivity contribution in [3.05, 3.63) is 108 Å².